The summed E-state index contributed by atoms with van der Waals surface area (Å²) in [6, 6.07) is 9.55. The molecule has 0 aromatic heterocycles. The van der Waals surface area contributed by atoms with Crippen molar-refractivity contribution < 1.29 is 4.79 Å². The maximum Gasteiger partial charge on any atom is 0.175 e. The lowest BCUT2D eigenvalue weighted by atomic mass is 10.0. The predicted molar refractivity (Wildman–Crippen MR) is 72.7 cm³/mol. The van der Waals surface area contributed by atoms with Gasteiger partial charge in [-0.1, -0.05) is 66.8 Å². The molecule has 1 nitrogen and oxygen atoms in total. The molecule has 0 heterocycles. The Morgan fingerprint density at radius 1 is 1.20 bits per heavy atom. The van der Waals surface area contributed by atoms with Gasteiger partial charge >= 0.3 is 0 Å². The molecule has 0 amide bonds. The Labute approximate surface area is 105 Å². The van der Waals surface area contributed by atoms with Crippen molar-refractivity contribution in [2.24, 2.45) is 5.92 Å². The van der Waals surface area contributed by atoms with Crippen LogP contribution in [0.4, 0.5) is 0 Å². The second-order valence-electron chi connectivity index (χ2n) is 4.17. The van der Waals surface area contributed by atoms with E-state index in [1.807, 2.05) is 30.3 Å². The summed E-state index contributed by atoms with van der Waals surface area (Å²) in [4.78, 5) is 11.9. The normalized spacial score (nSPS) is 12.8. The molecule has 0 aliphatic carbocycles. The van der Waals surface area contributed by atoms with Crippen LogP contribution in [0.1, 0.15) is 37.0 Å². The molecule has 0 saturated carbocycles. The molecule has 0 N–H and O–H groups in total. The zero-order valence-corrected chi connectivity index (χ0v) is 11.4. The standard InChI is InChI=1S/C13H17IO/c1-10(2)8-9-12(14)13(15)11-6-4-3-5-7-11/h3-7,10,12H,8-9H2,1-2H3. The molecule has 0 bridgehead atoms. The lowest BCUT2D eigenvalue weighted by molar-refractivity contribution is 0.0990. The molecule has 0 radical (unpaired) electrons. The van der Waals surface area contributed by atoms with E-state index in [1.54, 1.807) is 0 Å². The fourth-order valence-corrected chi connectivity index (χ4v) is 2.11. The van der Waals surface area contributed by atoms with Gasteiger partial charge in [-0.25, -0.2) is 0 Å². The lowest BCUT2D eigenvalue weighted by Crippen LogP contribution is -2.14. The lowest BCUT2D eigenvalue weighted by Gasteiger charge is -2.10. The summed E-state index contributed by atoms with van der Waals surface area (Å²) in [7, 11) is 0. The number of hydrogen-bond donors (Lipinski definition) is 0. The van der Waals surface area contributed by atoms with Crippen LogP contribution >= 0.6 is 22.6 Å². The molecule has 15 heavy (non-hydrogen) atoms. The quantitative estimate of drug-likeness (QED) is 0.454. The average molecular weight is 316 g/mol. The minimum Gasteiger partial charge on any atom is -0.293 e. The second kappa shape index (κ2) is 6.26. The number of alkyl halides is 1. The molecule has 0 aliphatic rings. The topological polar surface area (TPSA) is 17.1 Å². The smallest absolute Gasteiger partial charge is 0.175 e. The Balaban J connectivity index is 2.54. The molecule has 1 unspecified atom stereocenters. The summed E-state index contributed by atoms with van der Waals surface area (Å²) in [5.74, 6) is 0.933. The highest BCUT2D eigenvalue weighted by atomic mass is 127. The number of carbonyl (C=O) groups excluding carboxylic acids is 1. The summed E-state index contributed by atoms with van der Waals surface area (Å²) >= 11 is 2.25. The first-order chi connectivity index (χ1) is 7.11. The largest absolute Gasteiger partial charge is 0.293 e. The summed E-state index contributed by atoms with van der Waals surface area (Å²) in [6.45, 7) is 4.38. The zero-order chi connectivity index (χ0) is 11.3. The van der Waals surface area contributed by atoms with Crippen LogP contribution < -0.4 is 0 Å². The van der Waals surface area contributed by atoms with Gasteiger partial charge in [0, 0.05) is 5.56 Å². The molecular weight excluding hydrogens is 299 g/mol. The van der Waals surface area contributed by atoms with E-state index in [0.717, 1.165) is 18.4 Å². The van der Waals surface area contributed by atoms with Gasteiger partial charge in [0.2, 0.25) is 0 Å². The third-order valence-electron chi connectivity index (χ3n) is 2.34. The van der Waals surface area contributed by atoms with Crippen molar-refractivity contribution in [3.05, 3.63) is 35.9 Å². The number of benzene rings is 1. The molecular formula is C13H17IO. The van der Waals surface area contributed by atoms with E-state index in [4.69, 9.17) is 0 Å². The molecule has 1 aromatic carbocycles. The molecule has 0 aliphatic heterocycles. The van der Waals surface area contributed by atoms with Gasteiger partial charge in [0.15, 0.2) is 5.78 Å². The first kappa shape index (κ1) is 12.7. The van der Waals surface area contributed by atoms with Crippen molar-refractivity contribution in [1.29, 1.82) is 0 Å². The van der Waals surface area contributed by atoms with Crippen LogP contribution in [0.25, 0.3) is 0 Å². The molecule has 0 spiro atoms. The van der Waals surface area contributed by atoms with Gasteiger partial charge in [-0.3, -0.25) is 4.79 Å². The van der Waals surface area contributed by atoms with Crippen molar-refractivity contribution >= 4 is 28.4 Å². The van der Waals surface area contributed by atoms with Crippen LogP contribution in [0, 0.1) is 5.92 Å². The van der Waals surface area contributed by atoms with E-state index in [2.05, 4.69) is 36.4 Å². The number of hydrogen-bond acceptors (Lipinski definition) is 1. The Morgan fingerprint density at radius 3 is 2.33 bits per heavy atom. The van der Waals surface area contributed by atoms with Gasteiger partial charge < -0.3 is 0 Å². The summed E-state index contributed by atoms with van der Waals surface area (Å²) < 4.78 is 0.118. The third-order valence-corrected chi connectivity index (χ3v) is 3.53. The van der Waals surface area contributed by atoms with Gasteiger partial charge in [0.05, 0.1) is 3.92 Å². The van der Waals surface area contributed by atoms with Crippen LogP contribution in [-0.4, -0.2) is 9.71 Å². The summed E-state index contributed by atoms with van der Waals surface area (Å²) in [5.41, 5.74) is 0.834. The van der Waals surface area contributed by atoms with Crippen molar-refractivity contribution in [2.75, 3.05) is 0 Å². The van der Waals surface area contributed by atoms with Crippen molar-refractivity contribution in [1.82, 2.24) is 0 Å². The SMILES string of the molecule is CC(C)CCC(I)C(=O)c1ccccc1. The monoisotopic (exact) mass is 316 g/mol. The molecule has 0 fully saturated rings. The van der Waals surface area contributed by atoms with E-state index < -0.39 is 0 Å². The van der Waals surface area contributed by atoms with Gasteiger partial charge in [-0.05, 0) is 18.8 Å². The minimum atomic E-state index is 0.118. The summed E-state index contributed by atoms with van der Waals surface area (Å²) in [5, 5.41) is 0. The average Bonchev–Trinajstić information content (AvgIpc) is 2.26. The fourth-order valence-electron chi connectivity index (χ4n) is 1.39. The van der Waals surface area contributed by atoms with Crippen molar-refractivity contribution in [3.8, 4) is 0 Å². The van der Waals surface area contributed by atoms with Crippen LogP contribution in [-0.2, 0) is 0 Å². The number of halogens is 1. The van der Waals surface area contributed by atoms with Gasteiger partial charge in [0.1, 0.15) is 0 Å². The summed E-state index contributed by atoms with van der Waals surface area (Å²) in [6.07, 6.45) is 2.10. The highest BCUT2D eigenvalue weighted by Crippen LogP contribution is 2.18. The molecule has 0 saturated heterocycles. The van der Waals surface area contributed by atoms with Crippen LogP contribution in [0.2, 0.25) is 0 Å². The molecule has 1 rings (SSSR count). The molecule has 2 heteroatoms. The van der Waals surface area contributed by atoms with Crippen LogP contribution in [0.3, 0.4) is 0 Å². The highest BCUT2D eigenvalue weighted by molar-refractivity contribution is 14.1. The van der Waals surface area contributed by atoms with Crippen LogP contribution in [0.5, 0.6) is 0 Å². The van der Waals surface area contributed by atoms with Gasteiger partial charge in [-0.15, -0.1) is 0 Å². The zero-order valence-electron chi connectivity index (χ0n) is 9.24. The van der Waals surface area contributed by atoms with Gasteiger partial charge in [-0.2, -0.15) is 0 Å². The maximum atomic E-state index is 11.9. The van der Waals surface area contributed by atoms with Gasteiger partial charge in [0.25, 0.3) is 0 Å². The van der Waals surface area contributed by atoms with Crippen molar-refractivity contribution in [2.45, 2.75) is 30.6 Å². The number of ketones is 1. The Hall–Kier alpha value is -0.380. The minimum absolute atomic E-state index is 0.118. The maximum absolute atomic E-state index is 11.9. The van der Waals surface area contributed by atoms with E-state index in [9.17, 15) is 4.79 Å². The number of rotatable bonds is 5. The molecule has 82 valence electrons. The number of carbonyl (C=O) groups is 1. The number of Topliss-reactive ketones (excluding diaryl/α,β-unsaturated/α-hetero) is 1. The Kier molecular flexibility index (Phi) is 5.29. The predicted octanol–water partition coefficient (Wildman–Crippen LogP) is 4.11. The molecule has 1 atom stereocenters. The second-order valence-corrected chi connectivity index (χ2v) is 5.67. The van der Waals surface area contributed by atoms with Crippen molar-refractivity contribution in [3.63, 3.8) is 0 Å². The van der Waals surface area contributed by atoms with E-state index >= 15 is 0 Å². The highest BCUT2D eigenvalue weighted by Gasteiger charge is 2.16. The third kappa shape index (κ3) is 4.33. The molecule has 1 aromatic rings. The fraction of sp³-hybridized carbons (Fsp3) is 0.462. The van der Waals surface area contributed by atoms with E-state index in [1.165, 1.54) is 0 Å². The van der Waals surface area contributed by atoms with E-state index in [-0.39, 0.29) is 9.71 Å². The van der Waals surface area contributed by atoms with Crippen LogP contribution in [0.15, 0.2) is 30.3 Å². The van der Waals surface area contributed by atoms with E-state index in [0.29, 0.717) is 5.92 Å². The first-order valence-electron chi connectivity index (χ1n) is 5.34. The first-order valence-corrected chi connectivity index (χ1v) is 6.59. The Morgan fingerprint density at radius 2 is 1.80 bits per heavy atom. The Bertz CT molecular complexity index is 306.